The monoisotopic (exact) mass is 248 g/mol. The van der Waals surface area contributed by atoms with Crippen LogP contribution in [0.4, 0.5) is 0 Å². The summed E-state index contributed by atoms with van der Waals surface area (Å²) in [5.74, 6) is 0.319. The molecule has 2 unspecified atom stereocenters. The molecule has 0 spiro atoms. The number of hydrogen-bond donors (Lipinski definition) is 1. The van der Waals surface area contributed by atoms with Crippen molar-refractivity contribution >= 4 is 9.84 Å². The number of rotatable bonds is 1. The minimum Gasteiger partial charge on any atom is -0.373 e. The van der Waals surface area contributed by atoms with Crippen molar-refractivity contribution in [3.8, 4) is 0 Å². The SMILES string of the molecule is CC1(C)CN(C2CS(=O)(=O)CC2N)CCO1. The van der Waals surface area contributed by atoms with Crippen molar-refractivity contribution in [3.63, 3.8) is 0 Å². The number of ether oxygens (including phenoxy) is 1. The van der Waals surface area contributed by atoms with Gasteiger partial charge in [0.15, 0.2) is 9.84 Å². The van der Waals surface area contributed by atoms with Gasteiger partial charge < -0.3 is 10.5 Å². The lowest BCUT2D eigenvalue weighted by Crippen LogP contribution is -2.56. The maximum atomic E-state index is 11.5. The van der Waals surface area contributed by atoms with Crippen molar-refractivity contribution in [1.82, 2.24) is 4.90 Å². The molecule has 94 valence electrons. The first-order valence-corrected chi connectivity index (χ1v) is 7.45. The zero-order chi connectivity index (χ0) is 12.0. The molecule has 2 atom stereocenters. The molecule has 2 fully saturated rings. The minimum absolute atomic E-state index is 0.0341. The molecule has 5 nitrogen and oxygen atoms in total. The zero-order valence-electron chi connectivity index (χ0n) is 9.85. The number of sulfone groups is 1. The van der Waals surface area contributed by atoms with Gasteiger partial charge in [0.2, 0.25) is 0 Å². The summed E-state index contributed by atoms with van der Waals surface area (Å²) in [7, 11) is -2.94. The topological polar surface area (TPSA) is 72.6 Å². The van der Waals surface area contributed by atoms with E-state index in [2.05, 4.69) is 4.90 Å². The normalized spacial score (nSPS) is 38.7. The molecule has 2 N–H and O–H groups in total. The van der Waals surface area contributed by atoms with E-state index in [0.29, 0.717) is 6.61 Å². The molecule has 0 aromatic heterocycles. The van der Waals surface area contributed by atoms with E-state index in [0.717, 1.165) is 13.1 Å². The first kappa shape index (κ1) is 12.3. The summed E-state index contributed by atoms with van der Waals surface area (Å²) >= 11 is 0. The van der Waals surface area contributed by atoms with Crippen LogP contribution in [0.1, 0.15) is 13.8 Å². The molecule has 2 rings (SSSR count). The fourth-order valence-electron chi connectivity index (χ4n) is 2.57. The maximum absolute atomic E-state index is 11.5. The lowest BCUT2D eigenvalue weighted by Gasteiger charge is -2.41. The predicted molar refractivity (Wildman–Crippen MR) is 62.0 cm³/mol. The average Bonchev–Trinajstić information content (AvgIpc) is 2.38. The average molecular weight is 248 g/mol. The summed E-state index contributed by atoms with van der Waals surface area (Å²) in [4.78, 5) is 2.17. The van der Waals surface area contributed by atoms with Crippen LogP contribution in [-0.4, -0.2) is 62.2 Å². The molecule has 2 heterocycles. The molecule has 2 aliphatic heterocycles. The Bertz CT molecular complexity index is 366. The Labute approximate surface area is 96.9 Å². The molecule has 2 aliphatic rings. The van der Waals surface area contributed by atoms with Crippen molar-refractivity contribution in [2.24, 2.45) is 5.73 Å². The van der Waals surface area contributed by atoms with Crippen molar-refractivity contribution < 1.29 is 13.2 Å². The van der Waals surface area contributed by atoms with E-state index in [9.17, 15) is 8.42 Å². The second kappa shape index (κ2) is 3.94. The molecule has 0 saturated carbocycles. The maximum Gasteiger partial charge on any atom is 0.153 e. The highest BCUT2D eigenvalue weighted by Gasteiger charge is 2.41. The fraction of sp³-hybridized carbons (Fsp3) is 1.00. The Morgan fingerprint density at radius 1 is 1.38 bits per heavy atom. The molecule has 0 aromatic rings. The van der Waals surface area contributed by atoms with Crippen LogP contribution in [0.3, 0.4) is 0 Å². The highest BCUT2D eigenvalue weighted by atomic mass is 32.2. The molecule has 16 heavy (non-hydrogen) atoms. The van der Waals surface area contributed by atoms with Gasteiger partial charge in [0.05, 0.1) is 23.7 Å². The van der Waals surface area contributed by atoms with Crippen LogP contribution in [0.5, 0.6) is 0 Å². The van der Waals surface area contributed by atoms with Crippen molar-refractivity contribution in [2.45, 2.75) is 31.5 Å². The second-order valence-electron chi connectivity index (χ2n) is 5.39. The quantitative estimate of drug-likeness (QED) is 0.659. The summed E-state index contributed by atoms with van der Waals surface area (Å²) in [6.45, 7) is 6.22. The van der Waals surface area contributed by atoms with Crippen molar-refractivity contribution in [1.29, 1.82) is 0 Å². The Morgan fingerprint density at radius 3 is 2.56 bits per heavy atom. The van der Waals surface area contributed by atoms with E-state index in [-0.39, 0.29) is 29.2 Å². The van der Waals surface area contributed by atoms with Crippen LogP contribution in [0, 0.1) is 0 Å². The molecular formula is C10H20N2O3S. The summed E-state index contributed by atoms with van der Waals surface area (Å²) in [5, 5.41) is 0. The van der Waals surface area contributed by atoms with Crippen LogP contribution < -0.4 is 5.73 Å². The van der Waals surface area contributed by atoms with Gasteiger partial charge in [-0.05, 0) is 13.8 Å². The lowest BCUT2D eigenvalue weighted by atomic mass is 10.0. The summed E-state index contributed by atoms with van der Waals surface area (Å²) in [6, 6.07) is -0.285. The number of morpholine rings is 1. The third kappa shape index (κ3) is 2.56. The van der Waals surface area contributed by atoms with Crippen molar-refractivity contribution in [2.75, 3.05) is 31.2 Å². The van der Waals surface area contributed by atoms with Gasteiger partial charge in [0, 0.05) is 25.2 Å². The van der Waals surface area contributed by atoms with Gasteiger partial charge in [0.1, 0.15) is 0 Å². The lowest BCUT2D eigenvalue weighted by molar-refractivity contribution is -0.0957. The number of nitrogens with zero attached hydrogens (tertiary/aromatic N) is 1. The Hall–Kier alpha value is -0.170. The van der Waals surface area contributed by atoms with Gasteiger partial charge in [-0.3, -0.25) is 4.90 Å². The minimum atomic E-state index is -2.94. The zero-order valence-corrected chi connectivity index (χ0v) is 10.7. The van der Waals surface area contributed by atoms with Crippen LogP contribution in [-0.2, 0) is 14.6 Å². The van der Waals surface area contributed by atoms with Crippen molar-refractivity contribution in [3.05, 3.63) is 0 Å². The second-order valence-corrected chi connectivity index (χ2v) is 7.54. The number of hydrogen-bond acceptors (Lipinski definition) is 5. The van der Waals surface area contributed by atoms with Crippen LogP contribution >= 0.6 is 0 Å². The molecule has 0 aromatic carbocycles. The van der Waals surface area contributed by atoms with Gasteiger partial charge in [-0.1, -0.05) is 0 Å². The fourth-order valence-corrected chi connectivity index (χ4v) is 4.49. The summed E-state index contributed by atoms with van der Waals surface area (Å²) in [6.07, 6.45) is 0. The van der Waals surface area contributed by atoms with Gasteiger partial charge in [-0.25, -0.2) is 8.42 Å². The van der Waals surface area contributed by atoms with Gasteiger partial charge in [0.25, 0.3) is 0 Å². The van der Waals surface area contributed by atoms with Crippen LogP contribution in [0.15, 0.2) is 0 Å². The summed E-state index contributed by atoms with van der Waals surface area (Å²) in [5.41, 5.74) is 5.71. The Kier molecular flexibility index (Phi) is 3.03. The first-order valence-electron chi connectivity index (χ1n) is 5.63. The van der Waals surface area contributed by atoms with E-state index in [4.69, 9.17) is 10.5 Å². The Morgan fingerprint density at radius 2 is 2.06 bits per heavy atom. The molecule has 0 bridgehead atoms. The third-order valence-electron chi connectivity index (χ3n) is 3.29. The highest BCUT2D eigenvalue weighted by molar-refractivity contribution is 7.91. The van der Waals surface area contributed by atoms with Crippen LogP contribution in [0.2, 0.25) is 0 Å². The highest BCUT2D eigenvalue weighted by Crippen LogP contribution is 2.23. The molecule has 6 heteroatoms. The van der Waals surface area contributed by atoms with E-state index in [1.807, 2.05) is 13.8 Å². The molecular weight excluding hydrogens is 228 g/mol. The van der Waals surface area contributed by atoms with E-state index < -0.39 is 9.84 Å². The van der Waals surface area contributed by atoms with Gasteiger partial charge >= 0.3 is 0 Å². The van der Waals surface area contributed by atoms with Gasteiger partial charge in [-0.15, -0.1) is 0 Å². The van der Waals surface area contributed by atoms with E-state index in [1.54, 1.807) is 0 Å². The molecule has 0 amide bonds. The summed E-state index contributed by atoms with van der Waals surface area (Å²) < 4.78 is 28.6. The third-order valence-corrected chi connectivity index (χ3v) is 5.03. The molecule has 0 aliphatic carbocycles. The van der Waals surface area contributed by atoms with E-state index in [1.165, 1.54) is 0 Å². The standard InChI is InChI=1S/C10H20N2O3S/c1-10(2)7-12(3-4-15-10)9-6-16(13,14)5-8(9)11/h8-9H,3-7,11H2,1-2H3. The largest absolute Gasteiger partial charge is 0.373 e. The Balaban J connectivity index is 2.08. The van der Waals surface area contributed by atoms with E-state index >= 15 is 0 Å². The van der Waals surface area contributed by atoms with Crippen LogP contribution in [0.25, 0.3) is 0 Å². The molecule has 0 radical (unpaired) electrons. The molecule has 2 saturated heterocycles. The number of nitrogens with two attached hydrogens (primary N) is 1. The van der Waals surface area contributed by atoms with Gasteiger partial charge in [-0.2, -0.15) is 0 Å². The predicted octanol–water partition coefficient (Wildman–Crippen LogP) is -0.778. The smallest absolute Gasteiger partial charge is 0.153 e. The first-order chi connectivity index (χ1) is 7.29.